The molecule has 1 unspecified atom stereocenters. The van der Waals surface area contributed by atoms with Gasteiger partial charge < -0.3 is 5.43 Å². The van der Waals surface area contributed by atoms with Gasteiger partial charge in [-0.25, -0.2) is 14.2 Å². The fourth-order valence-corrected chi connectivity index (χ4v) is 1.30. The van der Waals surface area contributed by atoms with Crippen molar-refractivity contribution in [3.63, 3.8) is 0 Å². The lowest BCUT2D eigenvalue weighted by Gasteiger charge is -2.18. The van der Waals surface area contributed by atoms with Gasteiger partial charge in [-0.05, 0) is 6.08 Å². The Morgan fingerprint density at radius 3 is 3.00 bits per heavy atom. The molecule has 0 radical (unpaired) electrons. The SMILES string of the molecule is CC1CC(F)=CC(NNCCC#N)=C1F. The molecule has 1 atom stereocenters. The van der Waals surface area contributed by atoms with Gasteiger partial charge in [-0.1, -0.05) is 6.92 Å². The van der Waals surface area contributed by atoms with E-state index >= 15 is 0 Å². The minimum atomic E-state index is -0.435. The molecule has 0 saturated heterocycles. The third-order valence-electron chi connectivity index (χ3n) is 2.08. The van der Waals surface area contributed by atoms with E-state index in [0.717, 1.165) is 6.08 Å². The largest absolute Gasteiger partial charge is 0.319 e. The fraction of sp³-hybridized carbons (Fsp3) is 0.500. The van der Waals surface area contributed by atoms with Crippen LogP contribution in [0.25, 0.3) is 0 Å². The van der Waals surface area contributed by atoms with Gasteiger partial charge in [0.25, 0.3) is 0 Å². The Morgan fingerprint density at radius 1 is 1.60 bits per heavy atom. The average Bonchev–Trinajstić information content (AvgIpc) is 2.19. The first-order valence-corrected chi connectivity index (χ1v) is 4.76. The van der Waals surface area contributed by atoms with Crippen LogP contribution < -0.4 is 10.9 Å². The van der Waals surface area contributed by atoms with Crippen molar-refractivity contribution in [2.24, 2.45) is 5.92 Å². The molecule has 0 spiro atoms. The Bertz CT molecular complexity index is 328. The normalized spacial score (nSPS) is 20.9. The summed E-state index contributed by atoms with van der Waals surface area (Å²) >= 11 is 0. The van der Waals surface area contributed by atoms with E-state index in [1.165, 1.54) is 0 Å². The number of allylic oxidation sites excluding steroid dienone is 3. The van der Waals surface area contributed by atoms with Crippen LogP contribution in [0.3, 0.4) is 0 Å². The summed E-state index contributed by atoms with van der Waals surface area (Å²) < 4.78 is 26.4. The maximum atomic E-state index is 13.4. The topological polar surface area (TPSA) is 47.8 Å². The van der Waals surface area contributed by atoms with Gasteiger partial charge in [0.15, 0.2) is 0 Å². The third kappa shape index (κ3) is 3.33. The highest BCUT2D eigenvalue weighted by molar-refractivity contribution is 5.28. The van der Waals surface area contributed by atoms with Crippen molar-refractivity contribution in [1.29, 1.82) is 5.26 Å². The lowest BCUT2D eigenvalue weighted by molar-refractivity contribution is 0.419. The number of halogens is 2. The van der Waals surface area contributed by atoms with Crippen molar-refractivity contribution in [3.8, 4) is 6.07 Å². The summed E-state index contributed by atoms with van der Waals surface area (Å²) in [5.74, 6) is -1.13. The molecule has 1 aliphatic carbocycles. The lowest BCUT2D eigenvalue weighted by Crippen LogP contribution is -2.33. The zero-order valence-corrected chi connectivity index (χ0v) is 8.48. The van der Waals surface area contributed by atoms with Crippen LogP contribution in [-0.2, 0) is 0 Å². The molecular weight excluding hydrogens is 200 g/mol. The van der Waals surface area contributed by atoms with Crippen molar-refractivity contribution < 1.29 is 8.78 Å². The summed E-state index contributed by atoms with van der Waals surface area (Å²) in [5, 5.41) is 8.26. The molecule has 0 heterocycles. The molecule has 82 valence electrons. The Kier molecular flexibility index (Phi) is 4.25. The number of hydrogen-bond donors (Lipinski definition) is 2. The molecule has 1 aliphatic rings. The van der Waals surface area contributed by atoms with Crippen LogP contribution in [0.15, 0.2) is 23.4 Å². The molecule has 2 N–H and O–H groups in total. The van der Waals surface area contributed by atoms with Crippen LogP contribution in [-0.4, -0.2) is 6.54 Å². The van der Waals surface area contributed by atoms with Gasteiger partial charge in [-0.3, -0.25) is 0 Å². The van der Waals surface area contributed by atoms with Crippen LogP contribution in [0.5, 0.6) is 0 Å². The second-order valence-electron chi connectivity index (χ2n) is 3.42. The number of rotatable bonds is 4. The lowest BCUT2D eigenvalue weighted by atomic mass is 9.99. The Hall–Kier alpha value is -1.41. The van der Waals surface area contributed by atoms with Crippen LogP contribution in [0.1, 0.15) is 19.8 Å². The van der Waals surface area contributed by atoms with Crippen LogP contribution >= 0.6 is 0 Å². The van der Waals surface area contributed by atoms with Crippen molar-refractivity contribution in [2.45, 2.75) is 19.8 Å². The smallest absolute Gasteiger partial charge is 0.128 e. The Balaban J connectivity index is 2.52. The third-order valence-corrected chi connectivity index (χ3v) is 2.08. The predicted octanol–water partition coefficient (Wildman–Crippen LogP) is 2.07. The molecule has 0 aromatic carbocycles. The van der Waals surface area contributed by atoms with Crippen LogP contribution in [0.2, 0.25) is 0 Å². The summed E-state index contributed by atoms with van der Waals surface area (Å²) in [6, 6.07) is 1.93. The molecule has 0 fully saturated rings. The van der Waals surface area contributed by atoms with Crippen molar-refractivity contribution >= 4 is 0 Å². The van der Waals surface area contributed by atoms with E-state index in [9.17, 15) is 8.78 Å². The first-order chi connectivity index (χ1) is 7.15. The molecule has 0 aliphatic heterocycles. The molecule has 3 nitrogen and oxygen atoms in total. The molecule has 5 heteroatoms. The molecular formula is C10H13F2N3. The number of hydrazine groups is 1. The number of nitriles is 1. The average molecular weight is 213 g/mol. The molecule has 1 rings (SSSR count). The van der Waals surface area contributed by atoms with Gasteiger partial charge in [0.1, 0.15) is 11.7 Å². The van der Waals surface area contributed by atoms with Crippen molar-refractivity contribution in [2.75, 3.05) is 6.54 Å². The van der Waals surface area contributed by atoms with E-state index in [0.29, 0.717) is 13.0 Å². The quantitative estimate of drug-likeness (QED) is 0.555. The van der Waals surface area contributed by atoms with E-state index < -0.39 is 5.92 Å². The standard InChI is InChI=1S/C10H13F2N3/c1-7-5-8(11)6-9(10(7)12)15-14-4-2-3-13/h6-7,14-15H,2,4-5H2,1H3. The maximum Gasteiger partial charge on any atom is 0.128 e. The number of nitrogens with zero attached hydrogens (tertiary/aromatic N) is 1. The monoisotopic (exact) mass is 213 g/mol. The molecule has 0 aromatic rings. The van der Waals surface area contributed by atoms with E-state index in [4.69, 9.17) is 5.26 Å². The summed E-state index contributed by atoms with van der Waals surface area (Å²) in [5.41, 5.74) is 5.32. The molecule has 0 aromatic heterocycles. The Morgan fingerprint density at radius 2 is 2.33 bits per heavy atom. The minimum absolute atomic E-state index is 0.106. The molecule has 0 saturated carbocycles. The van der Waals surface area contributed by atoms with Gasteiger partial charge in [0.2, 0.25) is 0 Å². The van der Waals surface area contributed by atoms with Gasteiger partial charge in [-0.15, -0.1) is 0 Å². The van der Waals surface area contributed by atoms with Gasteiger partial charge in [-0.2, -0.15) is 5.26 Å². The first kappa shape index (κ1) is 11.7. The second-order valence-corrected chi connectivity index (χ2v) is 3.42. The number of hydrogen-bond acceptors (Lipinski definition) is 3. The highest BCUT2D eigenvalue weighted by atomic mass is 19.1. The highest BCUT2D eigenvalue weighted by Crippen LogP contribution is 2.29. The predicted molar refractivity (Wildman–Crippen MR) is 52.5 cm³/mol. The summed E-state index contributed by atoms with van der Waals surface area (Å²) in [6.45, 7) is 2.01. The zero-order valence-electron chi connectivity index (χ0n) is 8.48. The van der Waals surface area contributed by atoms with Crippen molar-refractivity contribution in [1.82, 2.24) is 10.9 Å². The van der Waals surface area contributed by atoms with E-state index in [1.54, 1.807) is 6.92 Å². The Labute approximate surface area is 87.4 Å². The molecule has 15 heavy (non-hydrogen) atoms. The second kappa shape index (κ2) is 5.47. The highest BCUT2D eigenvalue weighted by Gasteiger charge is 2.20. The van der Waals surface area contributed by atoms with Crippen molar-refractivity contribution in [3.05, 3.63) is 23.4 Å². The van der Waals surface area contributed by atoms with E-state index in [1.807, 2.05) is 6.07 Å². The summed E-state index contributed by atoms with van der Waals surface area (Å²) in [7, 11) is 0. The van der Waals surface area contributed by atoms with E-state index in [2.05, 4.69) is 10.9 Å². The summed E-state index contributed by atoms with van der Waals surface area (Å²) in [4.78, 5) is 0. The van der Waals surface area contributed by atoms with Crippen LogP contribution in [0.4, 0.5) is 8.78 Å². The molecule has 0 bridgehead atoms. The number of nitrogens with one attached hydrogen (secondary N) is 2. The first-order valence-electron chi connectivity index (χ1n) is 4.76. The van der Waals surface area contributed by atoms with E-state index in [-0.39, 0.29) is 23.8 Å². The minimum Gasteiger partial charge on any atom is -0.319 e. The summed E-state index contributed by atoms with van der Waals surface area (Å²) in [6.07, 6.45) is 1.55. The fourth-order valence-electron chi connectivity index (χ4n) is 1.30. The maximum absolute atomic E-state index is 13.4. The molecule has 0 amide bonds. The van der Waals surface area contributed by atoms with Crippen LogP contribution in [0, 0.1) is 17.2 Å². The van der Waals surface area contributed by atoms with Gasteiger partial charge in [0.05, 0.1) is 11.8 Å². The van der Waals surface area contributed by atoms with Gasteiger partial charge in [0, 0.05) is 25.3 Å². The van der Waals surface area contributed by atoms with Gasteiger partial charge >= 0.3 is 0 Å². The zero-order chi connectivity index (χ0) is 11.3.